The molecule has 28 heavy (non-hydrogen) atoms. The molecule has 1 N–H and O–H groups in total. The average molecular weight is 371 g/mol. The Labute approximate surface area is 166 Å². The van der Waals surface area contributed by atoms with Crippen LogP contribution in [-0.4, -0.2) is 23.9 Å². The number of benzene rings is 3. The average Bonchev–Trinajstić information content (AvgIpc) is 2.74. The van der Waals surface area contributed by atoms with Gasteiger partial charge in [-0.2, -0.15) is 5.26 Å². The van der Waals surface area contributed by atoms with Crippen molar-refractivity contribution >= 4 is 22.4 Å². The standard InChI is InChI=1S/C24H25N3O/c1-3-27(18(2)20-13-11-19(17-25)12-14-20)16-15-24(28)26-23-10-6-8-21-7-4-5-9-22(21)23/h4-14,18H,3,15-16H2,1-2H3,(H,26,28). The van der Waals surface area contributed by atoms with Crippen LogP contribution in [0.1, 0.15) is 37.4 Å². The first kappa shape index (κ1) is 19.6. The Bertz CT molecular complexity index is 983. The normalized spacial score (nSPS) is 11.9. The van der Waals surface area contributed by atoms with Crippen LogP contribution in [0.3, 0.4) is 0 Å². The van der Waals surface area contributed by atoms with E-state index in [1.165, 1.54) is 0 Å². The molecule has 0 heterocycles. The number of rotatable bonds is 7. The number of hydrogen-bond donors (Lipinski definition) is 1. The molecule has 3 aromatic rings. The number of nitrogens with one attached hydrogen (secondary N) is 1. The number of anilines is 1. The molecular weight excluding hydrogens is 346 g/mol. The second-order valence-corrected chi connectivity index (χ2v) is 6.86. The third-order valence-corrected chi connectivity index (χ3v) is 5.17. The largest absolute Gasteiger partial charge is 0.325 e. The summed E-state index contributed by atoms with van der Waals surface area (Å²) < 4.78 is 0. The van der Waals surface area contributed by atoms with Gasteiger partial charge in [-0.3, -0.25) is 9.69 Å². The maximum atomic E-state index is 12.5. The molecule has 4 nitrogen and oxygen atoms in total. The second kappa shape index (κ2) is 9.16. The van der Waals surface area contributed by atoms with E-state index in [1.807, 2.05) is 66.7 Å². The number of amides is 1. The van der Waals surface area contributed by atoms with E-state index in [2.05, 4.69) is 30.1 Å². The molecule has 0 spiro atoms. The van der Waals surface area contributed by atoms with Crippen LogP contribution in [-0.2, 0) is 4.79 Å². The van der Waals surface area contributed by atoms with E-state index in [0.717, 1.165) is 28.6 Å². The predicted molar refractivity (Wildman–Crippen MR) is 114 cm³/mol. The maximum absolute atomic E-state index is 12.5. The van der Waals surface area contributed by atoms with E-state index >= 15 is 0 Å². The minimum absolute atomic E-state index is 0.0156. The molecule has 0 saturated heterocycles. The molecule has 1 amide bonds. The van der Waals surface area contributed by atoms with Gasteiger partial charge in [0.05, 0.1) is 11.6 Å². The first-order valence-corrected chi connectivity index (χ1v) is 9.64. The van der Waals surface area contributed by atoms with Gasteiger partial charge in [-0.25, -0.2) is 0 Å². The molecule has 0 saturated carbocycles. The first-order valence-electron chi connectivity index (χ1n) is 9.64. The highest BCUT2D eigenvalue weighted by atomic mass is 16.1. The number of nitrogens with zero attached hydrogens (tertiary/aromatic N) is 2. The maximum Gasteiger partial charge on any atom is 0.225 e. The Morgan fingerprint density at radius 2 is 1.79 bits per heavy atom. The molecule has 0 aromatic heterocycles. The summed E-state index contributed by atoms with van der Waals surface area (Å²) in [4.78, 5) is 14.8. The summed E-state index contributed by atoms with van der Waals surface area (Å²) in [7, 11) is 0. The third kappa shape index (κ3) is 4.57. The van der Waals surface area contributed by atoms with E-state index in [1.54, 1.807) is 0 Å². The van der Waals surface area contributed by atoms with E-state index < -0.39 is 0 Å². The fraction of sp³-hybridized carbons (Fsp3) is 0.250. The predicted octanol–water partition coefficient (Wildman–Crippen LogP) is 5.12. The quantitative estimate of drug-likeness (QED) is 0.627. The van der Waals surface area contributed by atoms with Crippen LogP contribution in [0.2, 0.25) is 0 Å². The van der Waals surface area contributed by atoms with Gasteiger partial charge in [0.15, 0.2) is 0 Å². The summed E-state index contributed by atoms with van der Waals surface area (Å²) >= 11 is 0. The number of hydrogen-bond acceptors (Lipinski definition) is 3. The van der Waals surface area contributed by atoms with Crippen LogP contribution in [0.15, 0.2) is 66.7 Å². The van der Waals surface area contributed by atoms with Crippen LogP contribution in [0.4, 0.5) is 5.69 Å². The minimum atomic E-state index is 0.0156. The second-order valence-electron chi connectivity index (χ2n) is 6.86. The van der Waals surface area contributed by atoms with E-state index in [9.17, 15) is 4.79 Å². The van der Waals surface area contributed by atoms with Crippen molar-refractivity contribution in [1.82, 2.24) is 4.90 Å². The molecule has 3 aromatic carbocycles. The smallest absolute Gasteiger partial charge is 0.225 e. The molecule has 0 bridgehead atoms. The van der Waals surface area contributed by atoms with Gasteiger partial charge in [0.2, 0.25) is 5.91 Å². The van der Waals surface area contributed by atoms with Crippen LogP contribution < -0.4 is 5.32 Å². The highest BCUT2D eigenvalue weighted by Crippen LogP contribution is 2.24. The molecule has 142 valence electrons. The zero-order valence-electron chi connectivity index (χ0n) is 16.4. The third-order valence-electron chi connectivity index (χ3n) is 5.17. The van der Waals surface area contributed by atoms with Gasteiger partial charge in [0.25, 0.3) is 0 Å². The van der Waals surface area contributed by atoms with Gasteiger partial charge >= 0.3 is 0 Å². The van der Waals surface area contributed by atoms with Crippen molar-refractivity contribution in [1.29, 1.82) is 5.26 Å². The zero-order valence-corrected chi connectivity index (χ0v) is 16.4. The first-order chi connectivity index (χ1) is 13.6. The van der Waals surface area contributed by atoms with Crippen LogP contribution in [0.25, 0.3) is 10.8 Å². The molecule has 0 radical (unpaired) electrons. The highest BCUT2D eigenvalue weighted by Gasteiger charge is 2.16. The van der Waals surface area contributed by atoms with Gasteiger partial charge in [0.1, 0.15) is 0 Å². The Morgan fingerprint density at radius 3 is 2.50 bits per heavy atom. The highest BCUT2D eigenvalue weighted by molar-refractivity contribution is 6.02. The lowest BCUT2D eigenvalue weighted by Gasteiger charge is -2.28. The summed E-state index contributed by atoms with van der Waals surface area (Å²) in [5.74, 6) is 0.0156. The molecule has 1 unspecified atom stereocenters. The topological polar surface area (TPSA) is 56.1 Å². The van der Waals surface area contributed by atoms with Crippen molar-refractivity contribution in [3.63, 3.8) is 0 Å². The lowest BCUT2D eigenvalue weighted by Crippen LogP contribution is -2.30. The number of nitriles is 1. The van der Waals surface area contributed by atoms with E-state index in [4.69, 9.17) is 5.26 Å². The van der Waals surface area contributed by atoms with Crippen molar-refractivity contribution in [2.45, 2.75) is 26.3 Å². The summed E-state index contributed by atoms with van der Waals surface area (Å²) in [6.07, 6.45) is 0.428. The fourth-order valence-corrected chi connectivity index (χ4v) is 3.46. The zero-order chi connectivity index (χ0) is 19.9. The summed E-state index contributed by atoms with van der Waals surface area (Å²) in [6, 6.07) is 24.0. The van der Waals surface area contributed by atoms with Crippen molar-refractivity contribution in [3.8, 4) is 6.07 Å². The van der Waals surface area contributed by atoms with Crippen molar-refractivity contribution in [3.05, 3.63) is 77.9 Å². The van der Waals surface area contributed by atoms with E-state index in [-0.39, 0.29) is 11.9 Å². The lowest BCUT2D eigenvalue weighted by atomic mass is 10.0. The Hall–Kier alpha value is -3.16. The molecular formula is C24H25N3O. The number of carbonyl (C=O) groups is 1. The Kier molecular flexibility index (Phi) is 6.41. The van der Waals surface area contributed by atoms with Crippen molar-refractivity contribution < 1.29 is 4.79 Å². The SMILES string of the molecule is CCN(CCC(=O)Nc1cccc2ccccc12)C(C)c1ccc(C#N)cc1. The van der Waals surface area contributed by atoms with Crippen LogP contribution in [0.5, 0.6) is 0 Å². The lowest BCUT2D eigenvalue weighted by molar-refractivity contribution is -0.116. The molecule has 0 fully saturated rings. The van der Waals surface area contributed by atoms with Gasteiger partial charge in [-0.1, -0.05) is 55.5 Å². The molecule has 0 aliphatic heterocycles. The van der Waals surface area contributed by atoms with E-state index in [0.29, 0.717) is 18.5 Å². The molecule has 4 heteroatoms. The summed E-state index contributed by atoms with van der Waals surface area (Å²) in [5, 5.41) is 14.2. The van der Waals surface area contributed by atoms with Crippen molar-refractivity contribution in [2.24, 2.45) is 0 Å². The number of carbonyl (C=O) groups excluding carboxylic acids is 1. The number of fused-ring (bicyclic) bond motifs is 1. The molecule has 0 aliphatic rings. The van der Waals surface area contributed by atoms with Gasteiger partial charge < -0.3 is 5.32 Å². The molecule has 0 aliphatic carbocycles. The van der Waals surface area contributed by atoms with Crippen LogP contribution in [0, 0.1) is 11.3 Å². The minimum Gasteiger partial charge on any atom is -0.325 e. The molecule has 3 rings (SSSR count). The fourth-order valence-electron chi connectivity index (χ4n) is 3.46. The van der Waals surface area contributed by atoms with Crippen molar-refractivity contribution in [2.75, 3.05) is 18.4 Å². The Morgan fingerprint density at radius 1 is 1.07 bits per heavy atom. The van der Waals surface area contributed by atoms with Gasteiger partial charge in [-0.15, -0.1) is 0 Å². The monoisotopic (exact) mass is 371 g/mol. The van der Waals surface area contributed by atoms with Gasteiger partial charge in [-0.05, 0) is 42.6 Å². The summed E-state index contributed by atoms with van der Waals surface area (Å²) in [6.45, 7) is 5.76. The van der Waals surface area contributed by atoms with Gasteiger partial charge in [0, 0.05) is 30.1 Å². The Balaban J connectivity index is 1.62. The molecule has 1 atom stereocenters. The van der Waals surface area contributed by atoms with Crippen LogP contribution >= 0.6 is 0 Å². The summed E-state index contributed by atoms with van der Waals surface area (Å²) in [5.41, 5.74) is 2.66.